The van der Waals surface area contributed by atoms with Crippen molar-refractivity contribution in [2.75, 3.05) is 0 Å². The van der Waals surface area contributed by atoms with E-state index in [2.05, 4.69) is 24.0 Å². The molecule has 0 aliphatic carbocycles. The molecule has 2 rings (SSSR count). The number of hydrogen-bond donors (Lipinski definition) is 0. The van der Waals surface area contributed by atoms with Gasteiger partial charge in [0.2, 0.25) is 0 Å². The summed E-state index contributed by atoms with van der Waals surface area (Å²) >= 11 is 0. The molecule has 0 aliphatic rings. The van der Waals surface area contributed by atoms with Crippen LogP contribution < -0.4 is 5.43 Å². The second-order valence-electron chi connectivity index (χ2n) is 3.58. The maximum atomic E-state index is 10.9. The minimum absolute atomic E-state index is 0.0949. The van der Waals surface area contributed by atoms with Gasteiger partial charge >= 0.3 is 0 Å². The van der Waals surface area contributed by atoms with Crippen LogP contribution in [-0.2, 0) is 0 Å². The number of aromatic nitrogens is 4. The van der Waals surface area contributed by atoms with Crippen LogP contribution in [0, 0.1) is 0 Å². The Kier molecular flexibility index (Phi) is 2.37. The predicted molar refractivity (Wildman–Crippen MR) is 56.0 cm³/mol. The molecule has 0 radical (unpaired) electrons. The van der Waals surface area contributed by atoms with E-state index in [9.17, 15) is 4.79 Å². The summed E-state index contributed by atoms with van der Waals surface area (Å²) in [4.78, 5) is 10.9. The summed E-state index contributed by atoms with van der Waals surface area (Å²) in [6.45, 7) is 4.10. The number of hydrogen-bond acceptors (Lipinski definition) is 3. The lowest BCUT2D eigenvalue weighted by Crippen LogP contribution is -2.06. The van der Waals surface area contributed by atoms with E-state index in [1.807, 2.05) is 10.9 Å². The normalized spacial score (nSPS) is 10.9. The van der Waals surface area contributed by atoms with Crippen LogP contribution >= 0.6 is 0 Å². The Morgan fingerprint density at radius 1 is 1.27 bits per heavy atom. The van der Waals surface area contributed by atoms with Gasteiger partial charge in [-0.1, -0.05) is 0 Å². The van der Waals surface area contributed by atoms with E-state index in [1.165, 1.54) is 12.3 Å². The van der Waals surface area contributed by atoms with Crippen molar-refractivity contribution in [2.24, 2.45) is 0 Å². The molecule has 5 nitrogen and oxygen atoms in total. The molecule has 5 heteroatoms. The summed E-state index contributed by atoms with van der Waals surface area (Å²) in [6.07, 6.45) is 6.52. The Labute approximate surface area is 87.0 Å². The van der Waals surface area contributed by atoms with Crippen molar-refractivity contribution in [3.05, 3.63) is 41.1 Å². The van der Waals surface area contributed by atoms with Crippen molar-refractivity contribution in [1.29, 1.82) is 0 Å². The number of nitrogens with zero attached hydrogens (tertiary/aromatic N) is 4. The van der Waals surface area contributed by atoms with E-state index < -0.39 is 0 Å². The Balaban J connectivity index is 2.37. The van der Waals surface area contributed by atoms with Crippen molar-refractivity contribution in [3.63, 3.8) is 0 Å². The average molecular weight is 204 g/mol. The molecule has 0 N–H and O–H groups in total. The molecule has 0 spiro atoms. The summed E-state index contributed by atoms with van der Waals surface area (Å²) < 4.78 is 3.46. The van der Waals surface area contributed by atoms with Gasteiger partial charge in [-0.15, -0.1) is 0 Å². The van der Waals surface area contributed by atoms with Crippen LogP contribution in [0.3, 0.4) is 0 Å². The zero-order valence-corrected chi connectivity index (χ0v) is 8.66. The van der Waals surface area contributed by atoms with Crippen LogP contribution in [0.25, 0.3) is 5.69 Å². The Hall–Kier alpha value is -1.91. The summed E-state index contributed by atoms with van der Waals surface area (Å²) in [6, 6.07) is 1.79. The molecule has 0 bridgehead atoms. The van der Waals surface area contributed by atoms with Gasteiger partial charge < -0.3 is 0 Å². The summed E-state index contributed by atoms with van der Waals surface area (Å²) in [5.74, 6) is 0. The quantitative estimate of drug-likeness (QED) is 0.733. The largest absolute Gasteiger partial charge is 0.288 e. The van der Waals surface area contributed by atoms with Gasteiger partial charge in [-0.3, -0.25) is 9.48 Å². The third-order valence-electron chi connectivity index (χ3n) is 2.07. The summed E-state index contributed by atoms with van der Waals surface area (Å²) in [5.41, 5.74) is 0.756. The molecular weight excluding hydrogens is 192 g/mol. The van der Waals surface area contributed by atoms with Gasteiger partial charge in [-0.2, -0.15) is 10.2 Å². The van der Waals surface area contributed by atoms with Crippen molar-refractivity contribution < 1.29 is 0 Å². The second-order valence-corrected chi connectivity index (χ2v) is 3.58. The van der Waals surface area contributed by atoms with E-state index in [0.29, 0.717) is 6.04 Å². The summed E-state index contributed by atoms with van der Waals surface area (Å²) in [5, 5.41) is 8.16. The minimum atomic E-state index is -0.0949. The first kappa shape index (κ1) is 9.64. The highest BCUT2D eigenvalue weighted by molar-refractivity contribution is 5.23. The molecule has 0 atom stereocenters. The molecule has 15 heavy (non-hydrogen) atoms. The van der Waals surface area contributed by atoms with Crippen LogP contribution in [0.1, 0.15) is 19.9 Å². The standard InChI is InChI=1S/C10H12N4O/c1-8(2)14-7-9(5-11-14)13-4-3-10(15)6-12-13/h3-8H,1-2H3. The first-order valence-electron chi connectivity index (χ1n) is 4.76. The lowest BCUT2D eigenvalue weighted by Gasteiger charge is -2.03. The first-order valence-corrected chi connectivity index (χ1v) is 4.76. The molecule has 2 heterocycles. The number of rotatable bonds is 2. The Morgan fingerprint density at radius 3 is 2.60 bits per heavy atom. The highest BCUT2D eigenvalue weighted by Gasteiger charge is 2.02. The zero-order chi connectivity index (χ0) is 10.8. The molecule has 0 amide bonds. The molecule has 0 aromatic carbocycles. The van der Waals surface area contributed by atoms with Gasteiger partial charge in [0.25, 0.3) is 0 Å². The molecule has 0 aliphatic heterocycles. The monoisotopic (exact) mass is 204 g/mol. The third kappa shape index (κ3) is 1.96. The lowest BCUT2D eigenvalue weighted by atomic mass is 10.4. The average Bonchev–Trinajstić information content (AvgIpc) is 2.68. The topological polar surface area (TPSA) is 52.7 Å². The molecule has 2 aromatic rings. The molecule has 78 valence electrons. The van der Waals surface area contributed by atoms with E-state index in [-0.39, 0.29) is 5.43 Å². The van der Waals surface area contributed by atoms with Crippen molar-refractivity contribution in [3.8, 4) is 5.69 Å². The minimum Gasteiger partial charge on any atom is -0.288 e. The fourth-order valence-electron chi connectivity index (χ4n) is 1.23. The van der Waals surface area contributed by atoms with Gasteiger partial charge in [-0.25, -0.2) is 4.68 Å². The van der Waals surface area contributed by atoms with Crippen LogP contribution in [-0.4, -0.2) is 19.6 Å². The predicted octanol–water partition coefficient (Wildman–Crippen LogP) is 1.01. The maximum absolute atomic E-state index is 10.9. The van der Waals surface area contributed by atoms with E-state index in [0.717, 1.165) is 5.69 Å². The van der Waals surface area contributed by atoms with E-state index in [1.54, 1.807) is 17.1 Å². The van der Waals surface area contributed by atoms with Crippen LogP contribution in [0.2, 0.25) is 0 Å². The van der Waals surface area contributed by atoms with Crippen molar-refractivity contribution in [1.82, 2.24) is 19.6 Å². The highest BCUT2D eigenvalue weighted by atomic mass is 16.1. The maximum Gasteiger partial charge on any atom is 0.200 e. The van der Waals surface area contributed by atoms with E-state index >= 15 is 0 Å². The van der Waals surface area contributed by atoms with Crippen molar-refractivity contribution in [2.45, 2.75) is 19.9 Å². The molecule has 0 fully saturated rings. The molecule has 0 saturated carbocycles. The zero-order valence-electron chi connectivity index (χ0n) is 8.66. The first-order chi connectivity index (χ1) is 7.16. The van der Waals surface area contributed by atoms with Crippen LogP contribution in [0.4, 0.5) is 0 Å². The Bertz CT molecular complexity index is 492. The van der Waals surface area contributed by atoms with Gasteiger partial charge in [0.05, 0.1) is 18.6 Å². The molecule has 0 unspecified atom stereocenters. The van der Waals surface area contributed by atoms with Crippen molar-refractivity contribution >= 4 is 0 Å². The van der Waals surface area contributed by atoms with Gasteiger partial charge in [0, 0.05) is 18.3 Å². The molecular formula is C10H12N4O. The van der Waals surface area contributed by atoms with Gasteiger partial charge in [-0.05, 0) is 13.8 Å². The van der Waals surface area contributed by atoms with Crippen LogP contribution in [0.5, 0.6) is 0 Å². The molecule has 2 aromatic heterocycles. The highest BCUT2D eigenvalue weighted by Crippen LogP contribution is 2.07. The third-order valence-corrected chi connectivity index (χ3v) is 2.07. The van der Waals surface area contributed by atoms with E-state index in [4.69, 9.17) is 0 Å². The second kappa shape index (κ2) is 3.68. The fourth-order valence-corrected chi connectivity index (χ4v) is 1.23. The Morgan fingerprint density at radius 2 is 2.07 bits per heavy atom. The van der Waals surface area contributed by atoms with Crippen LogP contribution in [0.15, 0.2) is 35.6 Å². The smallest absolute Gasteiger partial charge is 0.200 e. The summed E-state index contributed by atoms with van der Waals surface area (Å²) in [7, 11) is 0. The van der Waals surface area contributed by atoms with Gasteiger partial charge in [0.1, 0.15) is 5.69 Å². The fraction of sp³-hybridized carbons (Fsp3) is 0.300. The molecule has 0 saturated heterocycles. The van der Waals surface area contributed by atoms with Gasteiger partial charge in [0.15, 0.2) is 5.43 Å². The SMILES string of the molecule is CC(C)n1cc(-n2ccc(=O)cn2)cn1. The lowest BCUT2D eigenvalue weighted by molar-refractivity contribution is 0.532.